The Hall–Kier alpha value is -5.43. The lowest BCUT2D eigenvalue weighted by Crippen LogP contribution is -2.39. The molecular weight excluding hydrogens is 888 g/mol. The first kappa shape index (κ1) is 49.5. The fourth-order valence-electron chi connectivity index (χ4n) is 7.89. The maximum absolute atomic E-state index is 12.5. The number of hydrogen-bond donors (Lipinski definition) is 0. The Morgan fingerprint density at radius 1 is 0.851 bits per heavy atom. The highest BCUT2D eigenvalue weighted by Gasteiger charge is 2.45. The predicted octanol–water partition coefficient (Wildman–Crippen LogP) is 10.9. The molecule has 0 amide bonds. The van der Waals surface area contributed by atoms with Gasteiger partial charge in [0, 0.05) is 23.4 Å². The standard InChI is InChI=1S/C51H59N6O8PS/c1-34(2)57(35(3)4)66(62-29-13-28-52)65-43-30-45(56-33-55-46-47(56)53-32-54-48(46)67-42-26-24-41(25-27-42)63-49(58)50(5,6)7)64-44(43)31-61-51(36-14-11-10-12-15-36,37-16-20-39(59-8)21-17-37)38-18-22-40(60-9)23-19-38/h10-12,14-27,32-35,43-45H,13,29-31H2,1-9H3/t43-,44+,45+,66?/m0/s1. The van der Waals surface area contributed by atoms with Crippen LogP contribution in [-0.2, 0) is 28.9 Å². The van der Waals surface area contributed by atoms with Crippen LogP contribution < -0.4 is 14.2 Å². The van der Waals surface area contributed by atoms with Crippen LogP contribution in [0.4, 0.5) is 0 Å². The van der Waals surface area contributed by atoms with Gasteiger partial charge in [-0.1, -0.05) is 66.4 Å². The van der Waals surface area contributed by atoms with Crippen molar-refractivity contribution in [1.29, 1.82) is 5.26 Å². The molecule has 1 aliphatic rings. The molecule has 7 rings (SSSR count). The summed E-state index contributed by atoms with van der Waals surface area (Å²) in [4.78, 5) is 27.5. The van der Waals surface area contributed by atoms with Crippen LogP contribution >= 0.6 is 20.3 Å². The molecule has 14 nitrogen and oxygen atoms in total. The van der Waals surface area contributed by atoms with Crippen molar-refractivity contribution in [3.05, 3.63) is 132 Å². The van der Waals surface area contributed by atoms with Crippen molar-refractivity contribution in [3.8, 4) is 23.3 Å². The monoisotopic (exact) mass is 946 g/mol. The Kier molecular flexibility index (Phi) is 16.3. The number of esters is 1. The maximum Gasteiger partial charge on any atom is 0.316 e. The number of methoxy groups -OCH3 is 2. The third-order valence-electron chi connectivity index (χ3n) is 11.2. The summed E-state index contributed by atoms with van der Waals surface area (Å²) in [5.41, 5.74) is 2.13. The van der Waals surface area contributed by atoms with Crippen LogP contribution in [-0.4, -0.2) is 81.9 Å². The van der Waals surface area contributed by atoms with Gasteiger partial charge in [-0.2, -0.15) is 5.26 Å². The summed E-state index contributed by atoms with van der Waals surface area (Å²) >= 11 is 1.43. The second kappa shape index (κ2) is 22.1. The average Bonchev–Trinajstić information content (AvgIpc) is 3.94. The zero-order chi connectivity index (χ0) is 47.7. The summed E-state index contributed by atoms with van der Waals surface area (Å²) in [6.45, 7) is 14.2. The summed E-state index contributed by atoms with van der Waals surface area (Å²) < 4.78 is 48.9. The number of carbonyl (C=O) groups excluding carboxylic acids is 1. The zero-order valence-electron chi connectivity index (χ0n) is 39.5. The molecule has 16 heteroatoms. The third kappa shape index (κ3) is 11.5. The first-order valence-electron chi connectivity index (χ1n) is 22.3. The smallest absolute Gasteiger partial charge is 0.316 e. The second-order valence-corrected chi connectivity index (χ2v) is 20.1. The number of hydrogen-bond acceptors (Lipinski definition) is 14. The number of imidazole rings is 1. The topological polar surface area (TPSA) is 152 Å². The van der Waals surface area contributed by atoms with E-state index in [1.165, 1.54) is 18.1 Å². The fourth-order valence-corrected chi connectivity index (χ4v) is 10.5. The highest BCUT2D eigenvalue weighted by molar-refractivity contribution is 7.99. The molecule has 67 heavy (non-hydrogen) atoms. The van der Waals surface area contributed by atoms with Gasteiger partial charge in [0.2, 0.25) is 0 Å². The van der Waals surface area contributed by atoms with Gasteiger partial charge in [-0.25, -0.2) is 19.6 Å². The molecule has 2 aromatic heterocycles. The van der Waals surface area contributed by atoms with Gasteiger partial charge in [-0.15, -0.1) is 0 Å². The van der Waals surface area contributed by atoms with Gasteiger partial charge in [0.15, 0.2) is 5.65 Å². The van der Waals surface area contributed by atoms with Gasteiger partial charge in [0.05, 0.1) is 57.8 Å². The molecule has 4 aromatic carbocycles. The Morgan fingerprint density at radius 3 is 2.01 bits per heavy atom. The van der Waals surface area contributed by atoms with Crippen LogP contribution in [0.2, 0.25) is 0 Å². The quantitative estimate of drug-likeness (QED) is 0.0178. The molecule has 1 saturated heterocycles. The van der Waals surface area contributed by atoms with Crippen molar-refractivity contribution in [2.24, 2.45) is 5.41 Å². The van der Waals surface area contributed by atoms with E-state index < -0.39 is 38.0 Å². The number of fused-ring (bicyclic) bond motifs is 1. The lowest BCUT2D eigenvalue weighted by molar-refractivity contribution is -0.143. The molecule has 0 radical (unpaired) electrons. The number of benzene rings is 4. The first-order chi connectivity index (χ1) is 32.2. The van der Waals surface area contributed by atoms with Gasteiger partial charge in [0.25, 0.3) is 8.53 Å². The SMILES string of the molecule is COc1ccc(C(OC[C@H]2O[C@@H](n3cnc4c(Sc5ccc(OC(=O)C(C)(C)C)cc5)ncnc43)C[C@@H]2OP(OCCC#N)N(C(C)C)C(C)C)(c2ccccc2)c2ccc(OC)cc2)cc1. The van der Waals surface area contributed by atoms with Gasteiger partial charge < -0.3 is 32.7 Å². The van der Waals surface area contributed by atoms with Gasteiger partial charge in [0.1, 0.15) is 52.1 Å². The van der Waals surface area contributed by atoms with E-state index in [0.717, 1.165) is 33.1 Å². The first-order valence-corrected chi connectivity index (χ1v) is 24.3. The molecule has 0 aliphatic carbocycles. The van der Waals surface area contributed by atoms with Crippen molar-refractivity contribution in [3.63, 3.8) is 0 Å². The highest BCUT2D eigenvalue weighted by atomic mass is 32.2. The van der Waals surface area contributed by atoms with Crippen molar-refractivity contribution < 1.29 is 37.5 Å². The van der Waals surface area contributed by atoms with Crippen molar-refractivity contribution in [2.75, 3.05) is 27.4 Å². The van der Waals surface area contributed by atoms with Gasteiger partial charge in [-0.05, 0) is 114 Å². The average molecular weight is 947 g/mol. The Morgan fingerprint density at radius 2 is 1.45 bits per heavy atom. The van der Waals surface area contributed by atoms with E-state index in [1.807, 2.05) is 104 Å². The number of ether oxygens (including phenoxy) is 5. The fraction of sp³-hybridized carbons (Fsp3) is 0.392. The Balaban J connectivity index is 1.25. The molecule has 0 bridgehead atoms. The number of nitrogens with zero attached hydrogens (tertiary/aromatic N) is 6. The van der Waals surface area contributed by atoms with E-state index in [4.69, 9.17) is 42.7 Å². The minimum Gasteiger partial charge on any atom is -0.497 e. The van der Waals surface area contributed by atoms with Crippen LogP contribution in [0, 0.1) is 16.7 Å². The van der Waals surface area contributed by atoms with E-state index >= 15 is 0 Å². The van der Waals surface area contributed by atoms with Crippen LogP contribution in [0.1, 0.15) is 84.2 Å². The summed E-state index contributed by atoms with van der Waals surface area (Å²) in [7, 11) is 1.64. The third-order valence-corrected chi connectivity index (χ3v) is 14.4. The zero-order valence-corrected chi connectivity index (χ0v) is 41.2. The second-order valence-electron chi connectivity index (χ2n) is 17.6. The molecular formula is C51H59N6O8PS. The van der Waals surface area contributed by atoms with Crippen molar-refractivity contribution >= 4 is 37.4 Å². The number of carbonyl (C=O) groups is 1. The molecule has 6 aromatic rings. The normalized spacial score (nSPS) is 17.0. The summed E-state index contributed by atoms with van der Waals surface area (Å²) in [5, 5.41) is 10.1. The van der Waals surface area contributed by atoms with E-state index in [1.54, 1.807) is 32.7 Å². The van der Waals surface area contributed by atoms with E-state index in [0.29, 0.717) is 28.4 Å². The van der Waals surface area contributed by atoms with Crippen LogP contribution in [0.3, 0.4) is 0 Å². The predicted molar refractivity (Wildman–Crippen MR) is 258 cm³/mol. The summed E-state index contributed by atoms with van der Waals surface area (Å²) in [6.07, 6.45) is 2.18. The maximum atomic E-state index is 12.5. The van der Waals surface area contributed by atoms with Crippen LogP contribution in [0.15, 0.2) is 126 Å². The summed E-state index contributed by atoms with van der Waals surface area (Å²) in [6, 6.07) is 35.6. The van der Waals surface area contributed by atoms with E-state index in [9.17, 15) is 10.1 Å². The molecule has 0 saturated carbocycles. The van der Waals surface area contributed by atoms with Crippen molar-refractivity contribution in [2.45, 2.75) is 107 Å². The lowest BCUT2D eigenvalue weighted by atomic mass is 9.80. The van der Waals surface area contributed by atoms with Crippen LogP contribution in [0.5, 0.6) is 17.2 Å². The largest absolute Gasteiger partial charge is 0.497 e. The highest BCUT2D eigenvalue weighted by Crippen LogP contribution is 2.51. The Bertz CT molecular complexity index is 2530. The van der Waals surface area contributed by atoms with E-state index in [-0.39, 0.29) is 37.7 Å². The summed E-state index contributed by atoms with van der Waals surface area (Å²) in [5.74, 6) is 1.59. The Labute approximate surface area is 398 Å². The van der Waals surface area contributed by atoms with Crippen molar-refractivity contribution in [1.82, 2.24) is 24.2 Å². The molecule has 1 fully saturated rings. The van der Waals surface area contributed by atoms with Gasteiger partial charge >= 0.3 is 5.97 Å². The molecule has 0 N–H and O–H groups in total. The number of rotatable bonds is 20. The van der Waals surface area contributed by atoms with E-state index in [2.05, 4.69) is 55.6 Å². The number of aromatic nitrogens is 4. The van der Waals surface area contributed by atoms with Crippen LogP contribution in [0.25, 0.3) is 11.2 Å². The number of nitriles is 1. The lowest BCUT2D eigenvalue weighted by Gasteiger charge is -2.39. The molecule has 1 unspecified atom stereocenters. The van der Waals surface area contributed by atoms with Gasteiger partial charge in [-0.3, -0.25) is 9.36 Å². The molecule has 1 aliphatic heterocycles. The molecule has 4 atom stereocenters. The molecule has 352 valence electrons. The minimum absolute atomic E-state index is 0.0804. The molecule has 3 heterocycles. The molecule has 0 spiro atoms. The minimum atomic E-state index is -1.65.